The third-order valence-electron chi connectivity index (χ3n) is 4.44. The van der Waals surface area contributed by atoms with Crippen LogP contribution in [0.1, 0.15) is 32.6 Å². The number of nitrogens with one attached hydrogen (secondary N) is 1. The highest BCUT2D eigenvalue weighted by Gasteiger charge is 2.34. The normalized spacial score (nSPS) is 26.6. The first kappa shape index (κ1) is 13.3. The van der Waals surface area contributed by atoms with Crippen LogP contribution in [0.25, 0.3) is 10.8 Å². The van der Waals surface area contributed by atoms with Gasteiger partial charge in [-0.2, -0.15) is 5.10 Å². The van der Waals surface area contributed by atoms with Gasteiger partial charge in [0.2, 0.25) is 0 Å². The lowest BCUT2D eigenvalue weighted by atomic mass is 9.76. The van der Waals surface area contributed by atoms with E-state index in [0.717, 1.165) is 29.4 Å². The van der Waals surface area contributed by atoms with Crippen molar-refractivity contribution in [3.05, 3.63) is 30.5 Å². The highest BCUT2D eigenvalue weighted by atomic mass is 15.2. The first-order chi connectivity index (χ1) is 9.72. The van der Waals surface area contributed by atoms with Gasteiger partial charge in [-0.05, 0) is 18.8 Å². The van der Waals surface area contributed by atoms with Crippen molar-refractivity contribution in [2.75, 3.05) is 11.9 Å². The van der Waals surface area contributed by atoms with Crippen molar-refractivity contribution < 1.29 is 0 Å². The number of anilines is 1. The number of nitrogens with zero attached hydrogens (tertiary/aromatic N) is 2. The summed E-state index contributed by atoms with van der Waals surface area (Å²) in [6.45, 7) is 2.95. The van der Waals surface area contributed by atoms with Crippen LogP contribution in [0.5, 0.6) is 0 Å². The molecule has 3 rings (SSSR count). The third-order valence-corrected chi connectivity index (χ3v) is 4.44. The molecule has 0 bridgehead atoms. The molecule has 106 valence electrons. The second-order valence-electron chi connectivity index (χ2n) is 6.09. The number of fused-ring (bicyclic) bond motifs is 1. The second kappa shape index (κ2) is 5.37. The Morgan fingerprint density at radius 1 is 1.40 bits per heavy atom. The average molecular weight is 270 g/mol. The van der Waals surface area contributed by atoms with Gasteiger partial charge in [0.15, 0.2) is 5.82 Å². The van der Waals surface area contributed by atoms with Gasteiger partial charge in [-0.1, -0.05) is 44.0 Å². The zero-order valence-corrected chi connectivity index (χ0v) is 12.0. The lowest BCUT2D eigenvalue weighted by molar-refractivity contribution is 0.263. The van der Waals surface area contributed by atoms with Crippen LogP contribution < -0.4 is 11.1 Å². The van der Waals surface area contributed by atoms with E-state index in [1.165, 1.54) is 12.8 Å². The Morgan fingerprint density at radius 3 is 3.05 bits per heavy atom. The number of hydrogen-bond donors (Lipinski definition) is 2. The Morgan fingerprint density at radius 2 is 2.25 bits per heavy atom. The monoisotopic (exact) mass is 270 g/mol. The second-order valence-corrected chi connectivity index (χ2v) is 6.09. The van der Waals surface area contributed by atoms with E-state index in [2.05, 4.69) is 34.6 Å². The molecular weight excluding hydrogens is 248 g/mol. The molecule has 20 heavy (non-hydrogen) atoms. The lowest BCUT2D eigenvalue weighted by Crippen LogP contribution is -2.49. The summed E-state index contributed by atoms with van der Waals surface area (Å²) in [5.74, 6) is 1.57. The van der Waals surface area contributed by atoms with Crippen LogP contribution in [0.15, 0.2) is 30.5 Å². The van der Waals surface area contributed by atoms with Gasteiger partial charge in [0.05, 0.1) is 11.7 Å². The molecule has 1 heterocycles. The molecule has 0 saturated heterocycles. The Hall–Kier alpha value is -1.68. The van der Waals surface area contributed by atoms with Gasteiger partial charge in [0.25, 0.3) is 0 Å². The van der Waals surface area contributed by atoms with Gasteiger partial charge in [-0.15, -0.1) is 5.10 Å². The van der Waals surface area contributed by atoms with Crippen molar-refractivity contribution in [3.63, 3.8) is 0 Å². The molecule has 1 aromatic heterocycles. The molecule has 1 aromatic carbocycles. The van der Waals surface area contributed by atoms with E-state index in [-0.39, 0.29) is 5.54 Å². The summed E-state index contributed by atoms with van der Waals surface area (Å²) in [6, 6.07) is 8.21. The Balaban J connectivity index is 1.95. The number of benzene rings is 1. The molecule has 2 unspecified atom stereocenters. The molecule has 4 nitrogen and oxygen atoms in total. The van der Waals surface area contributed by atoms with Crippen LogP contribution in [0.3, 0.4) is 0 Å². The van der Waals surface area contributed by atoms with Crippen LogP contribution in [0.2, 0.25) is 0 Å². The predicted molar refractivity (Wildman–Crippen MR) is 82.6 cm³/mol. The molecule has 0 amide bonds. The minimum absolute atomic E-state index is 0.0313. The fourth-order valence-electron chi connectivity index (χ4n) is 3.38. The molecule has 2 aromatic rings. The molecule has 1 aliphatic rings. The first-order valence-corrected chi connectivity index (χ1v) is 7.41. The summed E-state index contributed by atoms with van der Waals surface area (Å²) in [4.78, 5) is 0. The van der Waals surface area contributed by atoms with Crippen molar-refractivity contribution in [3.8, 4) is 0 Å². The minimum atomic E-state index is -0.0313. The van der Waals surface area contributed by atoms with E-state index < -0.39 is 0 Å². The molecule has 1 fully saturated rings. The van der Waals surface area contributed by atoms with Crippen LogP contribution in [-0.2, 0) is 0 Å². The van der Waals surface area contributed by atoms with E-state index in [0.29, 0.717) is 12.5 Å². The van der Waals surface area contributed by atoms with Crippen LogP contribution in [0.4, 0.5) is 5.82 Å². The van der Waals surface area contributed by atoms with Gasteiger partial charge < -0.3 is 11.1 Å². The summed E-state index contributed by atoms with van der Waals surface area (Å²) in [7, 11) is 0. The Kier molecular flexibility index (Phi) is 3.57. The molecule has 0 spiro atoms. The maximum atomic E-state index is 6.08. The summed E-state index contributed by atoms with van der Waals surface area (Å²) in [5, 5.41) is 14.3. The minimum Gasteiger partial charge on any atom is -0.361 e. The largest absolute Gasteiger partial charge is 0.361 e. The smallest absolute Gasteiger partial charge is 0.157 e. The van der Waals surface area contributed by atoms with Crippen LogP contribution in [0, 0.1) is 5.92 Å². The topological polar surface area (TPSA) is 63.8 Å². The summed E-state index contributed by atoms with van der Waals surface area (Å²) >= 11 is 0. The quantitative estimate of drug-likeness (QED) is 0.900. The average Bonchev–Trinajstić information content (AvgIpc) is 2.48. The molecule has 1 aliphatic carbocycles. The van der Waals surface area contributed by atoms with E-state index in [1.54, 1.807) is 6.20 Å². The van der Waals surface area contributed by atoms with E-state index in [1.807, 2.05) is 12.1 Å². The zero-order chi connectivity index (χ0) is 14.0. The molecule has 3 N–H and O–H groups in total. The van der Waals surface area contributed by atoms with Gasteiger partial charge >= 0.3 is 0 Å². The molecule has 4 heteroatoms. The van der Waals surface area contributed by atoms with Crippen LogP contribution in [-0.4, -0.2) is 22.3 Å². The SMILES string of the molecule is CC1CCCC(CN)(Nc2nncc3ccccc23)C1. The van der Waals surface area contributed by atoms with Crippen molar-refractivity contribution >= 4 is 16.6 Å². The Bertz CT molecular complexity index is 593. The zero-order valence-electron chi connectivity index (χ0n) is 12.0. The van der Waals surface area contributed by atoms with Crippen molar-refractivity contribution in [2.24, 2.45) is 11.7 Å². The molecule has 1 saturated carbocycles. The molecule has 0 aliphatic heterocycles. The fraction of sp³-hybridized carbons (Fsp3) is 0.500. The molecular formula is C16H22N4. The molecule has 2 atom stereocenters. The maximum Gasteiger partial charge on any atom is 0.157 e. The highest BCUT2D eigenvalue weighted by Crippen LogP contribution is 2.35. The van der Waals surface area contributed by atoms with E-state index in [4.69, 9.17) is 5.73 Å². The number of nitrogens with two attached hydrogens (primary N) is 1. The van der Waals surface area contributed by atoms with E-state index >= 15 is 0 Å². The fourth-order valence-corrected chi connectivity index (χ4v) is 3.38. The summed E-state index contributed by atoms with van der Waals surface area (Å²) in [6.07, 6.45) is 6.54. The number of rotatable bonds is 3. The maximum absolute atomic E-state index is 6.08. The standard InChI is InChI=1S/C16H22N4/c1-12-5-4-8-16(9-12,11-17)19-15-14-7-3-2-6-13(14)10-18-20-15/h2-3,6-7,10,12H,4-5,8-9,11,17H2,1H3,(H,19,20). The summed E-state index contributed by atoms with van der Waals surface area (Å²) in [5.41, 5.74) is 6.05. The molecule has 0 radical (unpaired) electrons. The van der Waals surface area contributed by atoms with Gasteiger partial charge in [0.1, 0.15) is 0 Å². The first-order valence-electron chi connectivity index (χ1n) is 7.41. The lowest BCUT2D eigenvalue weighted by Gasteiger charge is -2.40. The van der Waals surface area contributed by atoms with Gasteiger partial charge in [0, 0.05) is 17.3 Å². The predicted octanol–water partition coefficient (Wildman–Crippen LogP) is 2.95. The van der Waals surface area contributed by atoms with Crippen LogP contribution >= 0.6 is 0 Å². The Labute approximate surface area is 119 Å². The third kappa shape index (κ3) is 2.48. The van der Waals surface area contributed by atoms with Gasteiger partial charge in [-0.25, -0.2) is 0 Å². The van der Waals surface area contributed by atoms with Crippen molar-refractivity contribution in [2.45, 2.75) is 38.1 Å². The van der Waals surface area contributed by atoms with Crippen molar-refractivity contribution in [1.29, 1.82) is 0 Å². The van der Waals surface area contributed by atoms with Crippen molar-refractivity contribution in [1.82, 2.24) is 10.2 Å². The number of aromatic nitrogens is 2. The number of hydrogen-bond acceptors (Lipinski definition) is 4. The summed E-state index contributed by atoms with van der Waals surface area (Å²) < 4.78 is 0. The highest BCUT2D eigenvalue weighted by molar-refractivity contribution is 5.91. The van der Waals surface area contributed by atoms with E-state index in [9.17, 15) is 0 Å². The van der Waals surface area contributed by atoms with Gasteiger partial charge in [-0.3, -0.25) is 0 Å².